The molecule has 4 heteroatoms. The molecule has 0 radical (unpaired) electrons. The Morgan fingerprint density at radius 2 is 1.86 bits per heavy atom. The second kappa shape index (κ2) is 5.66. The van der Waals surface area contributed by atoms with Crippen molar-refractivity contribution >= 4 is 27.8 Å². The van der Waals surface area contributed by atoms with Gasteiger partial charge in [0.1, 0.15) is 0 Å². The number of aryl methyl sites for hydroxylation is 1. The van der Waals surface area contributed by atoms with E-state index < -0.39 is 0 Å². The van der Waals surface area contributed by atoms with Crippen molar-refractivity contribution in [3.05, 3.63) is 65.9 Å². The number of benzene rings is 2. The summed E-state index contributed by atoms with van der Waals surface area (Å²) in [6.07, 6.45) is 2.08. The number of nitrogens with one attached hydrogen (secondary N) is 1. The Bertz CT molecular complexity index is 787. The molecule has 1 aromatic heterocycles. The molecule has 0 saturated heterocycles. The fraction of sp³-hybridized carbons (Fsp3) is 0.118. The van der Waals surface area contributed by atoms with Crippen LogP contribution in [0.4, 0.5) is 0 Å². The highest BCUT2D eigenvalue weighted by Gasteiger charge is 2.09. The summed E-state index contributed by atoms with van der Waals surface area (Å²) in [4.78, 5) is 1.03. The third-order valence-corrected chi connectivity index (χ3v) is 4.21. The van der Waals surface area contributed by atoms with Crippen molar-refractivity contribution in [1.29, 1.82) is 5.41 Å². The molecule has 0 unspecified atom stereocenters. The third kappa shape index (κ3) is 2.95. The fourth-order valence-electron chi connectivity index (χ4n) is 2.43. The van der Waals surface area contributed by atoms with E-state index in [4.69, 9.17) is 11.1 Å². The standard InChI is InChI=1S/C17H17N3S/c1-12-6-8-13(9-7-12)10-20-11-16(21-17(18)19)14-4-2-3-5-15(14)20/h2-9,11H,10H2,1H3,(H3,18,19). The summed E-state index contributed by atoms with van der Waals surface area (Å²) < 4.78 is 2.21. The van der Waals surface area contributed by atoms with Gasteiger partial charge in [-0.15, -0.1) is 0 Å². The third-order valence-electron chi connectivity index (χ3n) is 3.45. The lowest BCUT2D eigenvalue weighted by atomic mass is 10.1. The summed E-state index contributed by atoms with van der Waals surface area (Å²) in [6.45, 7) is 2.91. The molecular weight excluding hydrogens is 278 g/mol. The predicted molar refractivity (Wildman–Crippen MR) is 90.0 cm³/mol. The molecule has 0 bridgehead atoms. The fourth-order valence-corrected chi connectivity index (χ4v) is 3.13. The Morgan fingerprint density at radius 1 is 1.14 bits per heavy atom. The summed E-state index contributed by atoms with van der Waals surface area (Å²) in [5, 5.41) is 8.75. The van der Waals surface area contributed by atoms with Crippen LogP contribution in [-0.2, 0) is 6.54 Å². The molecule has 3 aromatic rings. The molecule has 3 nitrogen and oxygen atoms in total. The van der Waals surface area contributed by atoms with Crippen molar-refractivity contribution in [1.82, 2.24) is 4.57 Å². The molecule has 0 fully saturated rings. The molecule has 0 amide bonds. The maximum atomic E-state index is 7.49. The van der Waals surface area contributed by atoms with Gasteiger partial charge in [0.05, 0.1) is 0 Å². The zero-order valence-corrected chi connectivity index (χ0v) is 12.7. The second-order valence-electron chi connectivity index (χ2n) is 5.09. The van der Waals surface area contributed by atoms with Gasteiger partial charge in [0.25, 0.3) is 0 Å². The van der Waals surface area contributed by atoms with Crippen molar-refractivity contribution < 1.29 is 0 Å². The van der Waals surface area contributed by atoms with E-state index in [-0.39, 0.29) is 5.17 Å². The first-order valence-electron chi connectivity index (χ1n) is 6.79. The van der Waals surface area contributed by atoms with Gasteiger partial charge in [-0.05, 0) is 18.6 Å². The monoisotopic (exact) mass is 295 g/mol. The van der Waals surface area contributed by atoms with Gasteiger partial charge < -0.3 is 10.3 Å². The lowest BCUT2D eigenvalue weighted by Crippen LogP contribution is -2.02. The van der Waals surface area contributed by atoms with Crippen LogP contribution in [0.15, 0.2) is 59.6 Å². The highest BCUT2D eigenvalue weighted by molar-refractivity contribution is 8.13. The van der Waals surface area contributed by atoms with Crippen LogP contribution in [0, 0.1) is 12.3 Å². The number of hydrogen-bond acceptors (Lipinski definition) is 2. The van der Waals surface area contributed by atoms with Crippen LogP contribution in [0.5, 0.6) is 0 Å². The Morgan fingerprint density at radius 3 is 2.57 bits per heavy atom. The van der Waals surface area contributed by atoms with Crippen LogP contribution >= 0.6 is 11.8 Å². The number of para-hydroxylation sites is 1. The number of fused-ring (bicyclic) bond motifs is 1. The van der Waals surface area contributed by atoms with Gasteiger partial charge in [-0.25, -0.2) is 0 Å². The van der Waals surface area contributed by atoms with Gasteiger partial charge in [-0.2, -0.15) is 0 Å². The van der Waals surface area contributed by atoms with E-state index >= 15 is 0 Å². The molecule has 0 aliphatic heterocycles. The molecule has 21 heavy (non-hydrogen) atoms. The molecule has 0 aliphatic rings. The average Bonchev–Trinajstić information content (AvgIpc) is 2.79. The van der Waals surface area contributed by atoms with E-state index in [9.17, 15) is 0 Å². The molecule has 106 valence electrons. The van der Waals surface area contributed by atoms with Gasteiger partial charge >= 0.3 is 0 Å². The van der Waals surface area contributed by atoms with E-state index in [1.54, 1.807) is 0 Å². The van der Waals surface area contributed by atoms with E-state index in [0.29, 0.717) is 0 Å². The first kappa shape index (κ1) is 13.8. The van der Waals surface area contributed by atoms with E-state index in [2.05, 4.69) is 54.1 Å². The van der Waals surface area contributed by atoms with Crippen LogP contribution < -0.4 is 5.73 Å². The molecule has 3 rings (SSSR count). The minimum absolute atomic E-state index is 0.119. The molecule has 0 atom stereocenters. The number of thioether (sulfide) groups is 1. The van der Waals surface area contributed by atoms with E-state index in [1.165, 1.54) is 28.4 Å². The Labute approximate surface area is 128 Å². The lowest BCUT2D eigenvalue weighted by Gasteiger charge is -2.05. The normalized spacial score (nSPS) is 10.9. The number of nitrogens with two attached hydrogens (primary N) is 1. The number of nitrogens with zero attached hydrogens (tertiary/aromatic N) is 1. The van der Waals surface area contributed by atoms with Crippen LogP contribution in [0.25, 0.3) is 10.9 Å². The smallest absolute Gasteiger partial charge is 0.156 e. The quantitative estimate of drug-likeness (QED) is 0.436. The largest absolute Gasteiger partial charge is 0.378 e. The van der Waals surface area contributed by atoms with Crippen molar-refractivity contribution in [3.8, 4) is 0 Å². The van der Waals surface area contributed by atoms with Crippen LogP contribution in [0.3, 0.4) is 0 Å². The van der Waals surface area contributed by atoms with Gasteiger partial charge in [0.2, 0.25) is 0 Å². The number of hydrogen-bond donors (Lipinski definition) is 2. The van der Waals surface area contributed by atoms with Crippen molar-refractivity contribution in [2.45, 2.75) is 18.4 Å². The molecule has 3 N–H and O–H groups in total. The van der Waals surface area contributed by atoms with Gasteiger partial charge in [-0.3, -0.25) is 5.41 Å². The van der Waals surface area contributed by atoms with Crippen LogP contribution in [-0.4, -0.2) is 9.73 Å². The second-order valence-corrected chi connectivity index (χ2v) is 6.17. The highest BCUT2D eigenvalue weighted by Crippen LogP contribution is 2.30. The minimum atomic E-state index is 0.119. The molecule has 2 aromatic carbocycles. The Hall–Kier alpha value is -2.20. The highest BCUT2D eigenvalue weighted by atomic mass is 32.2. The molecule has 0 spiro atoms. The van der Waals surface area contributed by atoms with Gasteiger partial charge in [0.15, 0.2) is 5.17 Å². The summed E-state index contributed by atoms with van der Waals surface area (Å²) in [7, 11) is 0. The zero-order chi connectivity index (χ0) is 14.8. The molecule has 1 heterocycles. The molecular formula is C17H17N3S. The first-order chi connectivity index (χ1) is 10.1. The topological polar surface area (TPSA) is 54.8 Å². The van der Waals surface area contributed by atoms with E-state index in [0.717, 1.165) is 16.8 Å². The summed E-state index contributed by atoms with van der Waals surface area (Å²) in [5.74, 6) is 0. The maximum Gasteiger partial charge on any atom is 0.156 e. The number of amidine groups is 1. The SMILES string of the molecule is Cc1ccc(Cn2cc(SC(=N)N)c3ccccc32)cc1. The van der Waals surface area contributed by atoms with E-state index in [1.807, 2.05) is 12.1 Å². The summed E-state index contributed by atoms with van der Waals surface area (Å²) >= 11 is 1.30. The van der Waals surface area contributed by atoms with Crippen molar-refractivity contribution in [3.63, 3.8) is 0 Å². The van der Waals surface area contributed by atoms with Crippen LogP contribution in [0.1, 0.15) is 11.1 Å². The Kier molecular flexibility index (Phi) is 3.71. The van der Waals surface area contributed by atoms with Gasteiger partial charge in [0, 0.05) is 28.5 Å². The average molecular weight is 295 g/mol. The molecule has 0 saturated carbocycles. The van der Waals surface area contributed by atoms with Gasteiger partial charge in [-0.1, -0.05) is 59.8 Å². The Balaban J connectivity index is 2.01. The molecule has 0 aliphatic carbocycles. The number of rotatable bonds is 3. The maximum absolute atomic E-state index is 7.49. The zero-order valence-electron chi connectivity index (χ0n) is 11.8. The van der Waals surface area contributed by atoms with Crippen molar-refractivity contribution in [2.24, 2.45) is 5.73 Å². The number of aromatic nitrogens is 1. The minimum Gasteiger partial charge on any atom is -0.378 e. The van der Waals surface area contributed by atoms with Crippen LogP contribution in [0.2, 0.25) is 0 Å². The van der Waals surface area contributed by atoms with Crippen molar-refractivity contribution in [2.75, 3.05) is 0 Å². The lowest BCUT2D eigenvalue weighted by molar-refractivity contribution is 0.830. The summed E-state index contributed by atoms with van der Waals surface area (Å²) in [6, 6.07) is 16.8. The first-order valence-corrected chi connectivity index (χ1v) is 7.60. The summed E-state index contributed by atoms with van der Waals surface area (Å²) in [5.41, 5.74) is 9.23. The predicted octanol–water partition coefficient (Wildman–Crippen LogP) is 3.98.